The Morgan fingerprint density at radius 2 is 1.83 bits per heavy atom. The molecular weight excluding hydrogens is 328 g/mol. The molecule has 0 saturated heterocycles. The van der Waals surface area contributed by atoms with Crippen LogP contribution in [0.15, 0.2) is 6.07 Å². The Morgan fingerprint density at radius 1 is 1.17 bits per heavy atom. The summed E-state index contributed by atoms with van der Waals surface area (Å²) in [5.74, 6) is 3.26. The molecule has 130 valence electrons. The molecule has 0 fully saturated rings. The highest BCUT2D eigenvalue weighted by molar-refractivity contribution is 6.89. The number of hydrogen-bond acceptors (Lipinski definition) is 2. The summed E-state index contributed by atoms with van der Waals surface area (Å²) in [5, 5.41) is 1.32. The molecule has 0 heterocycles. The van der Waals surface area contributed by atoms with Gasteiger partial charge in [0.1, 0.15) is 8.07 Å². The summed E-state index contributed by atoms with van der Waals surface area (Å²) in [7, 11) is -3.13. The molecule has 24 heavy (non-hydrogen) atoms. The molecule has 0 aromatic heterocycles. The van der Waals surface area contributed by atoms with Gasteiger partial charge in [-0.15, -0.1) is 5.54 Å². The molecular formula is C20H30O2Si2. The lowest BCUT2D eigenvalue weighted by Crippen LogP contribution is -2.41. The van der Waals surface area contributed by atoms with Gasteiger partial charge in [0.25, 0.3) is 0 Å². The van der Waals surface area contributed by atoms with Crippen molar-refractivity contribution in [3.63, 3.8) is 0 Å². The van der Waals surface area contributed by atoms with Gasteiger partial charge in [-0.05, 0) is 42.5 Å². The van der Waals surface area contributed by atoms with E-state index in [1.54, 1.807) is 0 Å². The number of ether oxygens (including phenoxy) is 1. The van der Waals surface area contributed by atoms with E-state index < -0.39 is 16.1 Å². The van der Waals surface area contributed by atoms with E-state index in [4.69, 9.17) is 4.74 Å². The summed E-state index contributed by atoms with van der Waals surface area (Å²) in [6, 6.07) is 2.35. The Balaban J connectivity index is 2.79. The minimum Gasteiger partial charge on any atom is -0.462 e. The van der Waals surface area contributed by atoms with E-state index in [2.05, 4.69) is 56.8 Å². The topological polar surface area (TPSA) is 26.3 Å². The molecule has 1 aliphatic rings. The lowest BCUT2D eigenvalue weighted by molar-refractivity contribution is 0.0525. The molecule has 0 atom stereocenters. The van der Waals surface area contributed by atoms with Crippen molar-refractivity contribution in [1.29, 1.82) is 0 Å². The standard InChI is InChI=1S/C20H30O2Si2/c1-8-22-20(21)19-16-11-9-10-15(16)14-18(24(5,6)7)17(19)12-13-23(2,3)4/h14H,8-11H2,1-7H3. The van der Waals surface area contributed by atoms with E-state index in [9.17, 15) is 4.79 Å². The third-order valence-corrected chi connectivity index (χ3v) is 7.14. The molecule has 2 nitrogen and oxygen atoms in total. The molecule has 0 unspecified atom stereocenters. The quantitative estimate of drug-likeness (QED) is 0.461. The molecule has 0 amide bonds. The van der Waals surface area contributed by atoms with E-state index in [1.165, 1.54) is 16.3 Å². The van der Waals surface area contributed by atoms with Crippen molar-refractivity contribution in [1.82, 2.24) is 0 Å². The molecule has 0 saturated carbocycles. The van der Waals surface area contributed by atoms with Crippen LogP contribution in [0.1, 0.15) is 40.4 Å². The lowest BCUT2D eigenvalue weighted by atomic mass is 9.97. The minimum absolute atomic E-state index is 0.185. The summed E-state index contributed by atoms with van der Waals surface area (Å²) >= 11 is 0. The number of aryl methyl sites for hydroxylation is 1. The molecule has 1 aliphatic carbocycles. The van der Waals surface area contributed by atoms with Gasteiger partial charge in [0.15, 0.2) is 0 Å². The predicted molar refractivity (Wildman–Crippen MR) is 108 cm³/mol. The maximum Gasteiger partial charge on any atom is 0.339 e. The van der Waals surface area contributed by atoms with E-state index >= 15 is 0 Å². The second-order valence-electron chi connectivity index (χ2n) is 8.64. The van der Waals surface area contributed by atoms with Crippen LogP contribution in [0.5, 0.6) is 0 Å². The van der Waals surface area contributed by atoms with Crippen LogP contribution < -0.4 is 5.19 Å². The summed E-state index contributed by atoms with van der Waals surface area (Å²) in [4.78, 5) is 12.8. The molecule has 4 heteroatoms. The fraction of sp³-hybridized carbons (Fsp3) is 0.550. The zero-order valence-corrected chi connectivity index (χ0v) is 18.2. The van der Waals surface area contributed by atoms with Crippen molar-refractivity contribution >= 4 is 27.3 Å². The zero-order valence-electron chi connectivity index (χ0n) is 16.2. The molecule has 0 bridgehead atoms. The Bertz CT molecular complexity index is 710. The van der Waals surface area contributed by atoms with Crippen LogP contribution in [0.25, 0.3) is 0 Å². The first-order valence-corrected chi connectivity index (χ1v) is 15.9. The normalized spacial score (nSPS) is 14.0. The predicted octanol–water partition coefficient (Wildman–Crippen LogP) is 4.13. The number of benzene rings is 1. The van der Waals surface area contributed by atoms with Crippen LogP contribution in [0, 0.1) is 11.5 Å². The Morgan fingerprint density at radius 3 is 2.38 bits per heavy atom. The maximum absolute atomic E-state index is 12.8. The van der Waals surface area contributed by atoms with Crippen LogP contribution in [0.4, 0.5) is 0 Å². The van der Waals surface area contributed by atoms with E-state index in [1.807, 2.05) is 6.92 Å². The number of hydrogen-bond donors (Lipinski definition) is 0. The average Bonchev–Trinajstić information content (AvgIpc) is 2.89. The van der Waals surface area contributed by atoms with Gasteiger partial charge in [-0.25, -0.2) is 4.79 Å². The van der Waals surface area contributed by atoms with Crippen molar-refractivity contribution in [3.8, 4) is 11.5 Å². The summed E-state index contributed by atoms with van der Waals surface area (Å²) < 4.78 is 5.41. The lowest BCUT2D eigenvalue weighted by Gasteiger charge is -2.23. The number of fused-ring (bicyclic) bond motifs is 1. The first kappa shape index (κ1) is 19.0. The monoisotopic (exact) mass is 358 g/mol. The Kier molecular flexibility index (Phi) is 5.46. The van der Waals surface area contributed by atoms with Gasteiger partial charge >= 0.3 is 5.97 Å². The zero-order chi connectivity index (χ0) is 18.1. The number of esters is 1. The fourth-order valence-electron chi connectivity index (χ4n) is 3.14. The van der Waals surface area contributed by atoms with Crippen molar-refractivity contribution in [2.45, 2.75) is 65.5 Å². The number of carbonyl (C=O) groups excluding carboxylic acids is 1. The summed E-state index contributed by atoms with van der Waals surface area (Å²) in [6.45, 7) is 16.0. The van der Waals surface area contributed by atoms with Crippen LogP contribution in [-0.2, 0) is 17.6 Å². The smallest absolute Gasteiger partial charge is 0.339 e. The van der Waals surface area contributed by atoms with E-state index in [0.717, 1.165) is 30.4 Å². The van der Waals surface area contributed by atoms with Crippen LogP contribution >= 0.6 is 0 Å². The van der Waals surface area contributed by atoms with E-state index in [0.29, 0.717) is 6.61 Å². The number of carbonyl (C=O) groups is 1. The van der Waals surface area contributed by atoms with Gasteiger partial charge in [-0.3, -0.25) is 0 Å². The van der Waals surface area contributed by atoms with Crippen molar-refractivity contribution in [2.75, 3.05) is 6.61 Å². The Labute approximate surface area is 149 Å². The molecule has 0 aliphatic heterocycles. The highest BCUT2D eigenvalue weighted by Crippen LogP contribution is 2.29. The highest BCUT2D eigenvalue weighted by atomic mass is 28.3. The summed E-state index contributed by atoms with van der Waals surface area (Å²) in [6.07, 6.45) is 3.16. The maximum atomic E-state index is 12.8. The van der Waals surface area contributed by atoms with Crippen LogP contribution in [0.2, 0.25) is 39.3 Å². The Hall–Kier alpha value is -1.32. The third-order valence-electron chi connectivity index (χ3n) is 4.25. The average molecular weight is 359 g/mol. The molecule has 1 aromatic carbocycles. The summed E-state index contributed by atoms with van der Waals surface area (Å²) in [5.41, 5.74) is 7.76. The SMILES string of the molecule is CCOC(=O)c1c(C#C[Si](C)(C)C)c([Si](C)(C)C)cc2c1CCC2. The largest absolute Gasteiger partial charge is 0.462 e. The minimum atomic E-state index is -1.61. The first-order valence-electron chi connectivity index (χ1n) is 8.94. The molecule has 0 N–H and O–H groups in total. The van der Waals surface area contributed by atoms with Gasteiger partial charge in [-0.2, -0.15) is 0 Å². The molecule has 1 aromatic rings. The number of rotatable bonds is 3. The van der Waals surface area contributed by atoms with Gasteiger partial charge < -0.3 is 4.74 Å². The molecule has 0 radical (unpaired) electrons. The highest BCUT2D eigenvalue weighted by Gasteiger charge is 2.30. The van der Waals surface area contributed by atoms with E-state index in [-0.39, 0.29) is 5.97 Å². The van der Waals surface area contributed by atoms with Crippen LogP contribution in [-0.4, -0.2) is 28.7 Å². The first-order chi connectivity index (χ1) is 11.0. The molecule has 0 spiro atoms. The van der Waals surface area contributed by atoms with Crippen molar-refractivity contribution in [2.24, 2.45) is 0 Å². The van der Waals surface area contributed by atoms with Gasteiger partial charge in [0, 0.05) is 5.56 Å². The second kappa shape index (κ2) is 6.89. The van der Waals surface area contributed by atoms with Crippen molar-refractivity contribution < 1.29 is 9.53 Å². The van der Waals surface area contributed by atoms with Gasteiger partial charge in [0.2, 0.25) is 0 Å². The fourth-order valence-corrected chi connectivity index (χ4v) is 5.19. The van der Waals surface area contributed by atoms with Gasteiger partial charge in [0.05, 0.1) is 20.2 Å². The van der Waals surface area contributed by atoms with Crippen molar-refractivity contribution in [3.05, 3.63) is 28.3 Å². The third kappa shape index (κ3) is 4.20. The molecule has 2 rings (SSSR count). The van der Waals surface area contributed by atoms with Gasteiger partial charge in [-0.1, -0.05) is 51.3 Å². The van der Waals surface area contributed by atoms with Crippen LogP contribution in [0.3, 0.4) is 0 Å². The second-order valence-corrected chi connectivity index (χ2v) is 18.4.